The van der Waals surface area contributed by atoms with Gasteiger partial charge in [0.1, 0.15) is 0 Å². The molecule has 0 spiro atoms. The maximum atomic E-state index is 12.1. The van der Waals surface area contributed by atoms with Crippen molar-refractivity contribution in [2.45, 2.75) is 46.1 Å². The number of hydrogen-bond acceptors (Lipinski definition) is 3. The maximum absolute atomic E-state index is 12.1. The van der Waals surface area contributed by atoms with E-state index in [1.807, 2.05) is 7.05 Å². The lowest BCUT2D eigenvalue weighted by molar-refractivity contribution is 0.0952. The second-order valence-electron chi connectivity index (χ2n) is 6.01. The predicted molar refractivity (Wildman–Crippen MR) is 82.2 cm³/mol. The molecule has 1 rings (SSSR count). The van der Waals surface area contributed by atoms with Crippen LogP contribution in [0, 0.1) is 5.92 Å². The van der Waals surface area contributed by atoms with E-state index < -0.39 is 0 Å². The van der Waals surface area contributed by atoms with Gasteiger partial charge >= 0.3 is 12.1 Å². The van der Waals surface area contributed by atoms with Crippen molar-refractivity contribution in [2.75, 3.05) is 33.3 Å². The molecule has 3 amide bonds. The third-order valence-corrected chi connectivity index (χ3v) is 3.74. The number of nitrogens with one attached hydrogen (secondary N) is 1. The van der Waals surface area contributed by atoms with E-state index in [4.69, 9.17) is 4.74 Å². The molecule has 0 atom stereocenters. The molecule has 1 saturated heterocycles. The van der Waals surface area contributed by atoms with Crippen molar-refractivity contribution in [3.8, 4) is 0 Å². The molecule has 0 unspecified atom stereocenters. The second kappa shape index (κ2) is 8.74. The summed E-state index contributed by atoms with van der Waals surface area (Å²) in [5, 5.41) is 3.04. The van der Waals surface area contributed by atoms with Crippen LogP contribution in [0.2, 0.25) is 0 Å². The van der Waals surface area contributed by atoms with Gasteiger partial charge in [0, 0.05) is 32.7 Å². The molecule has 1 heterocycles. The van der Waals surface area contributed by atoms with Gasteiger partial charge in [-0.25, -0.2) is 9.59 Å². The number of carbonyl (C=O) groups excluding carboxylic acids is 2. The zero-order valence-electron chi connectivity index (χ0n) is 13.7. The van der Waals surface area contributed by atoms with Crippen LogP contribution >= 0.6 is 0 Å². The molecule has 0 aliphatic carbocycles. The molecule has 122 valence electrons. The first-order valence-corrected chi connectivity index (χ1v) is 7.87. The molecule has 1 aliphatic rings. The number of hydrogen-bond donors (Lipinski definition) is 1. The SMILES string of the molecule is CCOC(=O)N1CCC(NC(=O)N(C)CCC(C)C)CC1. The monoisotopic (exact) mass is 299 g/mol. The van der Waals surface area contributed by atoms with Crippen LogP contribution in [0.25, 0.3) is 0 Å². The van der Waals surface area contributed by atoms with Gasteiger partial charge in [-0.3, -0.25) is 0 Å². The van der Waals surface area contributed by atoms with Crippen LogP contribution in [-0.4, -0.2) is 61.3 Å². The average Bonchev–Trinajstić information content (AvgIpc) is 2.45. The Hall–Kier alpha value is -1.46. The zero-order valence-corrected chi connectivity index (χ0v) is 13.7. The van der Waals surface area contributed by atoms with Gasteiger partial charge in [-0.15, -0.1) is 0 Å². The molecule has 0 bridgehead atoms. The van der Waals surface area contributed by atoms with Gasteiger partial charge < -0.3 is 19.9 Å². The van der Waals surface area contributed by atoms with Crippen molar-refractivity contribution in [3.05, 3.63) is 0 Å². The fraction of sp³-hybridized carbons (Fsp3) is 0.867. The quantitative estimate of drug-likeness (QED) is 0.847. The Bertz CT molecular complexity index is 339. The minimum atomic E-state index is -0.253. The van der Waals surface area contributed by atoms with E-state index in [2.05, 4.69) is 19.2 Å². The Labute approximate surface area is 127 Å². The smallest absolute Gasteiger partial charge is 0.409 e. The summed E-state index contributed by atoms with van der Waals surface area (Å²) in [5.74, 6) is 0.591. The van der Waals surface area contributed by atoms with E-state index in [-0.39, 0.29) is 18.2 Å². The normalized spacial score (nSPS) is 16.0. The number of amides is 3. The number of urea groups is 1. The lowest BCUT2D eigenvalue weighted by atomic mass is 10.1. The van der Waals surface area contributed by atoms with Crippen molar-refractivity contribution in [1.29, 1.82) is 0 Å². The molecule has 0 aromatic carbocycles. The van der Waals surface area contributed by atoms with Crippen LogP contribution in [0.3, 0.4) is 0 Å². The minimum Gasteiger partial charge on any atom is -0.450 e. The highest BCUT2D eigenvalue weighted by atomic mass is 16.6. The number of rotatable bonds is 5. The third-order valence-electron chi connectivity index (χ3n) is 3.74. The zero-order chi connectivity index (χ0) is 15.8. The highest BCUT2D eigenvalue weighted by Crippen LogP contribution is 2.12. The highest BCUT2D eigenvalue weighted by Gasteiger charge is 2.25. The molecule has 0 aromatic heterocycles. The molecule has 6 nitrogen and oxygen atoms in total. The fourth-order valence-electron chi connectivity index (χ4n) is 2.26. The standard InChI is InChI=1S/C15H29N3O3/c1-5-21-15(20)18-10-7-13(8-11-18)16-14(19)17(4)9-6-12(2)3/h12-13H,5-11H2,1-4H3,(H,16,19). The van der Waals surface area contributed by atoms with Crippen molar-refractivity contribution >= 4 is 12.1 Å². The van der Waals surface area contributed by atoms with E-state index in [0.717, 1.165) is 25.8 Å². The first-order valence-electron chi connectivity index (χ1n) is 7.87. The summed E-state index contributed by atoms with van der Waals surface area (Å²) >= 11 is 0. The highest BCUT2D eigenvalue weighted by molar-refractivity contribution is 5.74. The summed E-state index contributed by atoms with van der Waals surface area (Å²) in [7, 11) is 1.82. The largest absolute Gasteiger partial charge is 0.450 e. The number of likely N-dealkylation sites (tertiary alicyclic amines) is 1. The summed E-state index contributed by atoms with van der Waals surface area (Å²) in [6.45, 7) is 8.55. The average molecular weight is 299 g/mol. The minimum absolute atomic E-state index is 0.0229. The Morgan fingerprint density at radius 3 is 2.48 bits per heavy atom. The molecule has 0 radical (unpaired) electrons. The molecule has 1 aliphatic heterocycles. The molecular formula is C15H29N3O3. The van der Waals surface area contributed by atoms with Crippen LogP contribution in [0.1, 0.15) is 40.0 Å². The Kier molecular flexibility index (Phi) is 7.32. The Balaban J connectivity index is 2.28. The Morgan fingerprint density at radius 2 is 1.95 bits per heavy atom. The molecule has 0 aromatic rings. The summed E-state index contributed by atoms with van der Waals surface area (Å²) in [5.41, 5.74) is 0. The molecule has 21 heavy (non-hydrogen) atoms. The van der Waals surface area contributed by atoms with Crippen LogP contribution < -0.4 is 5.32 Å². The molecule has 0 saturated carbocycles. The number of ether oxygens (including phenoxy) is 1. The Morgan fingerprint density at radius 1 is 1.33 bits per heavy atom. The lowest BCUT2D eigenvalue weighted by Gasteiger charge is -2.32. The van der Waals surface area contributed by atoms with Crippen LogP contribution in [0.5, 0.6) is 0 Å². The van der Waals surface area contributed by atoms with Gasteiger partial charge in [-0.1, -0.05) is 13.8 Å². The first-order chi connectivity index (χ1) is 9.93. The maximum Gasteiger partial charge on any atom is 0.409 e. The molecular weight excluding hydrogens is 270 g/mol. The van der Waals surface area contributed by atoms with Gasteiger partial charge in [-0.2, -0.15) is 0 Å². The van der Waals surface area contributed by atoms with Crippen molar-refractivity contribution in [3.63, 3.8) is 0 Å². The number of piperidine rings is 1. The lowest BCUT2D eigenvalue weighted by Crippen LogP contribution is -2.49. The van der Waals surface area contributed by atoms with Crippen molar-refractivity contribution in [2.24, 2.45) is 5.92 Å². The van der Waals surface area contributed by atoms with E-state index in [9.17, 15) is 9.59 Å². The fourth-order valence-corrected chi connectivity index (χ4v) is 2.26. The molecule has 1 fully saturated rings. The van der Waals surface area contributed by atoms with Crippen LogP contribution in [0.15, 0.2) is 0 Å². The van der Waals surface area contributed by atoms with Gasteiger partial charge in [-0.05, 0) is 32.1 Å². The summed E-state index contributed by atoms with van der Waals surface area (Å²) in [4.78, 5) is 27.1. The molecule has 1 N–H and O–H groups in total. The van der Waals surface area contributed by atoms with E-state index >= 15 is 0 Å². The van der Waals surface area contributed by atoms with Crippen molar-refractivity contribution < 1.29 is 14.3 Å². The van der Waals surface area contributed by atoms with Gasteiger partial charge in [0.15, 0.2) is 0 Å². The van der Waals surface area contributed by atoms with Crippen LogP contribution in [0.4, 0.5) is 9.59 Å². The summed E-state index contributed by atoms with van der Waals surface area (Å²) < 4.78 is 4.98. The topological polar surface area (TPSA) is 61.9 Å². The third kappa shape index (κ3) is 6.23. The van der Waals surface area contributed by atoms with E-state index in [0.29, 0.717) is 25.6 Å². The molecule has 6 heteroatoms. The predicted octanol–water partition coefficient (Wildman–Crippen LogP) is 2.29. The number of carbonyl (C=O) groups is 2. The van der Waals surface area contributed by atoms with E-state index in [1.165, 1.54) is 0 Å². The first kappa shape index (κ1) is 17.6. The van der Waals surface area contributed by atoms with Gasteiger partial charge in [0.2, 0.25) is 0 Å². The van der Waals surface area contributed by atoms with E-state index in [1.54, 1.807) is 16.7 Å². The second-order valence-corrected chi connectivity index (χ2v) is 6.01. The van der Waals surface area contributed by atoms with Gasteiger partial charge in [0.25, 0.3) is 0 Å². The van der Waals surface area contributed by atoms with Gasteiger partial charge in [0.05, 0.1) is 6.61 Å². The summed E-state index contributed by atoms with van der Waals surface area (Å²) in [6, 6.07) is 0.120. The van der Waals surface area contributed by atoms with Crippen molar-refractivity contribution in [1.82, 2.24) is 15.1 Å². The summed E-state index contributed by atoms with van der Waals surface area (Å²) in [6.07, 6.45) is 2.31. The number of nitrogens with zero attached hydrogens (tertiary/aromatic N) is 2. The van der Waals surface area contributed by atoms with Crippen LogP contribution in [-0.2, 0) is 4.74 Å².